The Morgan fingerprint density at radius 1 is 1.42 bits per heavy atom. The first kappa shape index (κ1) is 16.0. The third-order valence-corrected chi connectivity index (χ3v) is 2.70. The largest absolute Gasteiger partial charge is 0.416 e. The van der Waals surface area contributed by atoms with E-state index in [2.05, 4.69) is 36.5 Å². The average molecular weight is 343 g/mol. The topological polar surface area (TPSA) is 70.1 Å². The smallest absolute Gasteiger partial charge is 0.382 e. The van der Waals surface area contributed by atoms with Crippen LogP contribution in [0.4, 0.5) is 24.9 Å². The van der Waals surface area contributed by atoms with Gasteiger partial charge in [0, 0.05) is 12.7 Å². The predicted molar refractivity (Wildman–Crippen MR) is 69.1 cm³/mol. The van der Waals surface area contributed by atoms with Crippen LogP contribution in [0.3, 0.4) is 0 Å². The van der Waals surface area contributed by atoms with Gasteiger partial charge in [-0.25, -0.2) is 4.98 Å². The van der Waals surface area contributed by atoms with Gasteiger partial charge in [0.05, 0.1) is 11.0 Å². The van der Waals surface area contributed by atoms with Gasteiger partial charge in [-0.2, -0.15) is 18.2 Å². The molecule has 3 N–H and O–H groups in total. The molecule has 0 fully saturated rings. The highest BCUT2D eigenvalue weighted by Gasteiger charge is 2.37. The van der Waals surface area contributed by atoms with Crippen molar-refractivity contribution in [1.29, 1.82) is 0 Å². The van der Waals surface area contributed by atoms with Gasteiger partial charge in [-0.05, 0) is 22.4 Å². The predicted octanol–water partition coefficient (Wildman–Crippen LogP) is 2.40. The van der Waals surface area contributed by atoms with Gasteiger partial charge in [-0.3, -0.25) is 0 Å². The summed E-state index contributed by atoms with van der Waals surface area (Å²) in [7, 11) is 0. The first-order valence-corrected chi connectivity index (χ1v) is 6.39. The lowest BCUT2D eigenvalue weighted by molar-refractivity contribution is -0.198. The van der Waals surface area contributed by atoms with Crippen molar-refractivity contribution in [2.45, 2.75) is 25.6 Å². The van der Waals surface area contributed by atoms with Crippen LogP contribution in [-0.2, 0) is 0 Å². The lowest BCUT2D eigenvalue weighted by Gasteiger charge is -2.16. The summed E-state index contributed by atoms with van der Waals surface area (Å²) in [6.45, 7) is 1.95. The molecule has 0 bridgehead atoms. The van der Waals surface area contributed by atoms with E-state index in [1.165, 1.54) is 6.20 Å². The Morgan fingerprint density at radius 3 is 2.68 bits per heavy atom. The maximum absolute atomic E-state index is 12.2. The van der Waals surface area contributed by atoms with E-state index in [0.29, 0.717) is 17.0 Å². The standard InChI is InChI=1S/C10H14BrF3N4O/c1-2-3-15-9-17-4-6(11)8(18-9)16-5-7(19)10(12,13)14/h4,7,19H,2-3,5H2,1H3,(H2,15,16,17,18). The van der Waals surface area contributed by atoms with Gasteiger partial charge in [-0.1, -0.05) is 6.92 Å². The first-order chi connectivity index (χ1) is 8.84. The molecule has 1 atom stereocenters. The third-order valence-electron chi connectivity index (χ3n) is 2.12. The van der Waals surface area contributed by atoms with Crippen molar-refractivity contribution >= 4 is 27.7 Å². The van der Waals surface area contributed by atoms with Gasteiger partial charge < -0.3 is 15.7 Å². The van der Waals surface area contributed by atoms with Crippen molar-refractivity contribution in [2.75, 3.05) is 23.7 Å². The average Bonchev–Trinajstić information content (AvgIpc) is 2.34. The van der Waals surface area contributed by atoms with Crippen molar-refractivity contribution in [3.8, 4) is 0 Å². The number of nitrogens with one attached hydrogen (secondary N) is 2. The van der Waals surface area contributed by atoms with Crippen molar-refractivity contribution in [1.82, 2.24) is 9.97 Å². The van der Waals surface area contributed by atoms with Gasteiger partial charge in [0.2, 0.25) is 5.95 Å². The summed E-state index contributed by atoms with van der Waals surface area (Å²) in [5, 5.41) is 14.2. The van der Waals surface area contributed by atoms with Crippen LogP contribution in [0.15, 0.2) is 10.7 Å². The van der Waals surface area contributed by atoms with E-state index in [1.807, 2.05) is 6.92 Å². The lowest BCUT2D eigenvalue weighted by Crippen LogP contribution is -2.35. The summed E-state index contributed by atoms with van der Waals surface area (Å²) in [6, 6.07) is 0. The van der Waals surface area contributed by atoms with Crippen LogP contribution in [0, 0.1) is 0 Å². The summed E-state index contributed by atoms with van der Waals surface area (Å²) in [5.74, 6) is 0.506. The first-order valence-electron chi connectivity index (χ1n) is 5.59. The number of rotatable bonds is 6. The monoisotopic (exact) mass is 342 g/mol. The fourth-order valence-electron chi connectivity index (χ4n) is 1.12. The van der Waals surface area contributed by atoms with Gasteiger partial charge in [0.15, 0.2) is 6.10 Å². The molecule has 0 saturated heterocycles. The lowest BCUT2D eigenvalue weighted by atomic mass is 10.3. The second-order valence-corrected chi connectivity index (χ2v) is 4.61. The molecule has 1 aromatic rings. The van der Waals surface area contributed by atoms with Crippen LogP contribution in [0.25, 0.3) is 0 Å². The van der Waals surface area contributed by atoms with Crippen molar-refractivity contribution in [2.24, 2.45) is 0 Å². The summed E-state index contributed by atoms with van der Waals surface area (Å²) in [6.07, 6.45) is -4.81. The second-order valence-electron chi connectivity index (χ2n) is 3.76. The van der Waals surface area contributed by atoms with E-state index < -0.39 is 18.8 Å². The number of hydrogen-bond donors (Lipinski definition) is 3. The second kappa shape index (κ2) is 6.90. The quantitative estimate of drug-likeness (QED) is 0.740. The van der Waals surface area contributed by atoms with Crippen LogP contribution in [0.1, 0.15) is 13.3 Å². The Bertz CT molecular complexity index is 416. The SMILES string of the molecule is CCCNc1ncc(Br)c(NCC(O)C(F)(F)F)n1. The number of aliphatic hydroxyl groups excluding tert-OH is 1. The third kappa shape index (κ3) is 5.19. The van der Waals surface area contributed by atoms with E-state index in [9.17, 15) is 13.2 Å². The molecule has 0 amide bonds. The molecule has 1 heterocycles. The highest BCUT2D eigenvalue weighted by Crippen LogP contribution is 2.23. The number of nitrogens with zero attached hydrogens (tertiary/aromatic N) is 2. The summed E-state index contributed by atoms with van der Waals surface area (Å²) in [4.78, 5) is 7.96. The summed E-state index contributed by atoms with van der Waals surface area (Å²) >= 11 is 3.12. The van der Waals surface area contributed by atoms with Crippen LogP contribution in [0.5, 0.6) is 0 Å². The molecule has 0 aliphatic carbocycles. The van der Waals surface area contributed by atoms with E-state index in [1.54, 1.807) is 0 Å². The molecule has 0 aliphatic rings. The number of alkyl halides is 3. The molecule has 9 heteroatoms. The number of halogens is 4. The minimum Gasteiger partial charge on any atom is -0.382 e. The molecule has 1 unspecified atom stereocenters. The summed E-state index contributed by atoms with van der Waals surface area (Å²) < 4.78 is 36.9. The number of hydrogen-bond acceptors (Lipinski definition) is 5. The van der Waals surface area contributed by atoms with Crippen molar-refractivity contribution in [3.05, 3.63) is 10.7 Å². The molecule has 5 nitrogen and oxygen atoms in total. The maximum Gasteiger partial charge on any atom is 0.416 e. The number of aliphatic hydroxyl groups is 1. The molecule has 0 spiro atoms. The Labute approximate surface area is 116 Å². The maximum atomic E-state index is 12.2. The highest BCUT2D eigenvalue weighted by molar-refractivity contribution is 9.10. The Kier molecular flexibility index (Phi) is 5.80. The van der Waals surface area contributed by atoms with Gasteiger partial charge in [0.25, 0.3) is 0 Å². The Morgan fingerprint density at radius 2 is 2.11 bits per heavy atom. The van der Waals surface area contributed by atoms with Crippen LogP contribution in [0.2, 0.25) is 0 Å². The van der Waals surface area contributed by atoms with Gasteiger partial charge in [0.1, 0.15) is 5.82 Å². The zero-order chi connectivity index (χ0) is 14.5. The van der Waals surface area contributed by atoms with E-state index >= 15 is 0 Å². The Hall–Kier alpha value is -1.09. The van der Waals surface area contributed by atoms with Crippen LogP contribution < -0.4 is 10.6 Å². The van der Waals surface area contributed by atoms with Crippen LogP contribution >= 0.6 is 15.9 Å². The fourth-order valence-corrected chi connectivity index (χ4v) is 1.45. The Balaban J connectivity index is 2.66. The van der Waals surface area contributed by atoms with E-state index in [0.717, 1.165) is 6.42 Å². The molecule has 0 radical (unpaired) electrons. The normalized spacial score (nSPS) is 13.2. The van der Waals surface area contributed by atoms with Crippen molar-refractivity contribution in [3.63, 3.8) is 0 Å². The highest BCUT2D eigenvalue weighted by atomic mass is 79.9. The zero-order valence-corrected chi connectivity index (χ0v) is 11.7. The summed E-state index contributed by atoms with van der Waals surface area (Å²) in [5.41, 5.74) is 0. The number of anilines is 2. The molecular formula is C10H14BrF3N4O. The molecule has 0 aromatic carbocycles. The van der Waals surface area contributed by atoms with Crippen LogP contribution in [-0.4, -0.2) is 40.4 Å². The van der Waals surface area contributed by atoms with Gasteiger partial charge >= 0.3 is 6.18 Å². The minimum atomic E-state index is -4.66. The van der Waals surface area contributed by atoms with Crippen molar-refractivity contribution < 1.29 is 18.3 Å². The van der Waals surface area contributed by atoms with E-state index in [-0.39, 0.29) is 5.82 Å². The number of aromatic nitrogens is 2. The molecule has 1 aromatic heterocycles. The van der Waals surface area contributed by atoms with Gasteiger partial charge in [-0.15, -0.1) is 0 Å². The van der Waals surface area contributed by atoms with E-state index in [4.69, 9.17) is 5.11 Å². The minimum absolute atomic E-state index is 0.192. The fraction of sp³-hybridized carbons (Fsp3) is 0.600. The molecule has 108 valence electrons. The zero-order valence-electron chi connectivity index (χ0n) is 10.1. The molecule has 0 saturated carbocycles. The molecule has 1 rings (SSSR count). The molecular weight excluding hydrogens is 329 g/mol. The molecule has 19 heavy (non-hydrogen) atoms. The molecule has 0 aliphatic heterocycles.